The summed E-state index contributed by atoms with van der Waals surface area (Å²) in [5.74, 6) is 0. The van der Waals surface area contributed by atoms with E-state index < -0.39 is 0 Å². The number of para-hydroxylation sites is 3. The van der Waals surface area contributed by atoms with Gasteiger partial charge in [-0.05, 0) is 134 Å². The maximum absolute atomic E-state index is 6.32. The smallest absolute Gasteiger partial charge is 0.136 e. The predicted octanol–water partition coefficient (Wildman–Crippen LogP) is 17.5. The van der Waals surface area contributed by atoms with Crippen LogP contribution in [0, 0.1) is 0 Å². The van der Waals surface area contributed by atoms with E-state index in [9.17, 15) is 0 Å². The van der Waals surface area contributed by atoms with Crippen molar-refractivity contribution in [2.75, 3.05) is 4.90 Å². The molecule has 65 heavy (non-hydrogen) atoms. The highest BCUT2D eigenvalue weighted by Gasteiger charge is 2.18. The molecule has 2 heterocycles. The Morgan fingerprint density at radius 2 is 0.846 bits per heavy atom. The van der Waals surface area contributed by atoms with Crippen LogP contribution in [0.2, 0.25) is 0 Å². The molecule has 0 bridgehead atoms. The number of rotatable bonds is 7. The average molecular weight is 829 g/mol. The van der Waals surface area contributed by atoms with Crippen molar-refractivity contribution in [2.45, 2.75) is 0 Å². The summed E-state index contributed by atoms with van der Waals surface area (Å²) >= 11 is 0. The van der Waals surface area contributed by atoms with E-state index in [2.05, 4.69) is 240 Å². The Kier molecular flexibility index (Phi) is 8.53. The lowest BCUT2D eigenvalue weighted by Gasteiger charge is -2.26. The van der Waals surface area contributed by atoms with Gasteiger partial charge >= 0.3 is 0 Å². The van der Waals surface area contributed by atoms with Crippen LogP contribution >= 0.6 is 0 Å². The van der Waals surface area contributed by atoms with Gasteiger partial charge < -0.3 is 13.9 Å². The molecular weight excluding hydrogens is 789 g/mol. The number of fused-ring (bicyclic) bond motifs is 9. The van der Waals surface area contributed by atoms with Gasteiger partial charge in [0.1, 0.15) is 11.2 Å². The van der Waals surface area contributed by atoms with Crippen LogP contribution in [-0.4, -0.2) is 4.57 Å². The highest BCUT2D eigenvalue weighted by Crippen LogP contribution is 2.43. The van der Waals surface area contributed by atoms with Gasteiger partial charge in [0, 0.05) is 44.3 Å². The summed E-state index contributed by atoms with van der Waals surface area (Å²) in [4.78, 5) is 2.37. The van der Waals surface area contributed by atoms with Crippen LogP contribution in [0.3, 0.4) is 0 Å². The molecule has 0 saturated carbocycles. The molecule has 0 spiro atoms. The summed E-state index contributed by atoms with van der Waals surface area (Å²) in [7, 11) is 0. The van der Waals surface area contributed by atoms with E-state index >= 15 is 0 Å². The van der Waals surface area contributed by atoms with Gasteiger partial charge in [-0.2, -0.15) is 0 Å². The Morgan fingerprint density at radius 1 is 0.308 bits per heavy atom. The molecule has 0 atom stereocenters. The van der Waals surface area contributed by atoms with Crippen molar-refractivity contribution in [3.05, 3.63) is 243 Å². The Labute approximate surface area is 376 Å². The first-order chi connectivity index (χ1) is 32.2. The topological polar surface area (TPSA) is 21.3 Å². The fourth-order valence-corrected chi connectivity index (χ4v) is 10.2. The second kappa shape index (κ2) is 15.0. The summed E-state index contributed by atoms with van der Waals surface area (Å²) < 4.78 is 8.69. The zero-order valence-corrected chi connectivity index (χ0v) is 35.4. The number of hydrogen-bond donors (Lipinski definition) is 0. The first-order valence-corrected chi connectivity index (χ1v) is 22.2. The quantitative estimate of drug-likeness (QED) is 0.149. The molecule has 0 N–H and O–H groups in total. The van der Waals surface area contributed by atoms with E-state index in [0.717, 1.165) is 61.4 Å². The highest BCUT2D eigenvalue weighted by atomic mass is 16.3. The third kappa shape index (κ3) is 6.12. The molecule has 3 nitrogen and oxygen atoms in total. The molecule has 11 aromatic carbocycles. The van der Waals surface area contributed by atoms with E-state index in [1.807, 2.05) is 12.1 Å². The van der Waals surface area contributed by atoms with Gasteiger partial charge in [-0.1, -0.05) is 164 Å². The molecule has 0 aliphatic heterocycles. The molecule has 0 aliphatic carbocycles. The van der Waals surface area contributed by atoms with Gasteiger partial charge in [0.2, 0.25) is 0 Å². The average Bonchev–Trinajstić information content (AvgIpc) is 3.93. The first-order valence-electron chi connectivity index (χ1n) is 22.2. The Bertz CT molecular complexity index is 3880. The first kappa shape index (κ1) is 36.9. The summed E-state index contributed by atoms with van der Waals surface area (Å²) in [5, 5.41) is 9.82. The fourth-order valence-electron chi connectivity index (χ4n) is 10.2. The van der Waals surface area contributed by atoms with Gasteiger partial charge in [-0.15, -0.1) is 0 Å². The van der Waals surface area contributed by atoms with Crippen LogP contribution in [0.5, 0.6) is 0 Å². The molecule has 0 amide bonds. The van der Waals surface area contributed by atoms with Gasteiger partial charge in [-0.25, -0.2) is 0 Å². The van der Waals surface area contributed by atoms with Gasteiger partial charge in [0.15, 0.2) is 0 Å². The van der Waals surface area contributed by atoms with E-state index in [1.165, 1.54) is 60.0 Å². The van der Waals surface area contributed by atoms with E-state index in [4.69, 9.17) is 4.42 Å². The lowest BCUT2D eigenvalue weighted by Crippen LogP contribution is -2.10. The lowest BCUT2D eigenvalue weighted by molar-refractivity contribution is 0.669. The summed E-state index contributed by atoms with van der Waals surface area (Å²) in [6.07, 6.45) is 0. The second-order valence-electron chi connectivity index (χ2n) is 16.9. The Hall–Kier alpha value is -8.66. The van der Waals surface area contributed by atoms with Crippen LogP contribution in [-0.2, 0) is 0 Å². The van der Waals surface area contributed by atoms with Crippen molar-refractivity contribution in [3.8, 4) is 39.1 Å². The molecule has 304 valence electrons. The monoisotopic (exact) mass is 828 g/mol. The van der Waals surface area contributed by atoms with Crippen molar-refractivity contribution in [1.29, 1.82) is 0 Å². The molecule has 0 aliphatic rings. The van der Waals surface area contributed by atoms with E-state index in [0.29, 0.717) is 0 Å². The highest BCUT2D eigenvalue weighted by molar-refractivity contribution is 6.15. The van der Waals surface area contributed by atoms with E-state index in [1.54, 1.807) is 0 Å². The fraction of sp³-hybridized carbons (Fsp3) is 0. The standard InChI is InChI=1S/C62H40N2O/c1-2-16-50-45(13-1)40-57(53-18-4-3-17-52(50)53)43-31-37-47(38-32-43)63(49-15-11-14-44(39-49)51-22-12-26-61-62(51)56-21-7-10-25-60(56)65-61)46-33-27-41(28-34-46)42-29-35-48(36-30-42)64-58-23-8-5-19-54(58)55-20-6-9-24-59(55)64/h1-40H. The van der Waals surface area contributed by atoms with Gasteiger partial charge in [-0.3, -0.25) is 0 Å². The predicted molar refractivity (Wildman–Crippen MR) is 274 cm³/mol. The normalized spacial score (nSPS) is 11.7. The molecule has 0 saturated heterocycles. The maximum atomic E-state index is 6.32. The largest absolute Gasteiger partial charge is 0.456 e. The minimum atomic E-state index is 0.890. The van der Waals surface area contributed by atoms with E-state index in [-0.39, 0.29) is 0 Å². The minimum absolute atomic E-state index is 0.890. The Morgan fingerprint density at radius 3 is 1.55 bits per heavy atom. The van der Waals surface area contributed by atoms with Crippen LogP contribution in [0.15, 0.2) is 247 Å². The van der Waals surface area contributed by atoms with Crippen molar-refractivity contribution >= 4 is 82.4 Å². The number of hydrogen-bond acceptors (Lipinski definition) is 2. The number of nitrogens with zero attached hydrogens (tertiary/aromatic N) is 2. The third-order valence-corrected chi connectivity index (χ3v) is 13.2. The van der Waals surface area contributed by atoms with Crippen molar-refractivity contribution < 1.29 is 4.42 Å². The summed E-state index contributed by atoms with van der Waals surface area (Å²) in [6.45, 7) is 0. The van der Waals surface area contributed by atoms with Crippen LogP contribution in [0.25, 0.3) is 104 Å². The number of benzene rings is 11. The second-order valence-corrected chi connectivity index (χ2v) is 16.9. The Balaban J connectivity index is 0.906. The lowest BCUT2D eigenvalue weighted by atomic mass is 9.93. The van der Waals surface area contributed by atoms with Crippen molar-refractivity contribution in [3.63, 3.8) is 0 Å². The molecule has 13 rings (SSSR count). The minimum Gasteiger partial charge on any atom is -0.456 e. The van der Waals surface area contributed by atoms with Crippen molar-refractivity contribution in [2.24, 2.45) is 0 Å². The van der Waals surface area contributed by atoms with Gasteiger partial charge in [0.25, 0.3) is 0 Å². The number of anilines is 3. The molecule has 2 aromatic heterocycles. The van der Waals surface area contributed by atoms with Gasteiger partial charge in [0.05, 0.1) is 11.0 Å². The molecule has 0 unspecified atom stereocenters. The zero-order valence-electron chi connectivity index (χ0n) is 35.4. The SMILES string of the molecule is c1cc(-c2cccc3oc4ccccc4c23)cc(N(c2ccc(-c3ccc(-n4c5ccccc5c5ccccc54)cc3)cc2)c2ccc(-c3cc4ccccc4c4ccccc34)cc2)c1. The summed E-state index contributed by atoms with van der Waals surface area (Å²) in [5.41, 5.74) is 15.6. The van der Waals surface area contributed by atoms with Crippen LogP contribution in [0.1, 0.15) is 0 Å². The maximum Gasteiger partial charge on any atom is 0.136 e. The number of aromatic nitrogens is 1. The van der Waals surface area contributed by atoms with Crippen LogP contribution in [0.4, 0.5) is 17.1 Å². The molecule has 0 radical (unpaired) electrons. The van der Waals surface area contributed by atoms with Crippen molar-refractivity contribution in [1.82, 2.24) is 4.57 Å². The third-order valence-electron chi connectivity index (χ3n) is 13.2. The molecule has 13 aromatic rings. The zero-order chi connectivity index (χ0) is 42.8. The molecule has 0 fully saturated rings. The number of furan rings is 1. The summed E-state index contributed by atoms with van der Waals surface area (Å²) in [6, 6.07) is 87.7. The van der Waals surface area contributed by atoms with Crippen LogP contribution < -0.4 is 4.90 Å². The molecule has 3 heteroatoms. The molecular formula is C62H40N2O.